The molecule has 0 saturated carbocycles. The molecule has 0 heterocycles. The Balaban J connectivity index is 0. The molecule has 1 N–H and O–H groups in total. The zero-order valence-corrected chi connectivity index (χ0v) is 10.8. The molecule has 0 aromatic heterocycles. The zero-order chi connectivity index (χ0) is 8.48. The maximum atomic E-state index is 10.5. The van der Waals surface area contributed by atoms with Crippen LogP contribution in [0.2, 0.25) is 0 Å². The van der Waals surface area contributed by atoms with E-state index >= 15 is 0 Å². The van der Waals surface area contributed by atoms with E-state index in [1.54, 1.807) is 6.07 Å². The number of halogens is 1. The monoisotopic (exact) mass is 260 g/mol. The van der Waals surface area contributed by atoms with E-state index in [0.717, 1.165) is 0 Å². The molecule has 1 rings (SSSR count). The van der Waals surface area contributed by atoms with Gasteiger partial charge in [-0.1, -0.05) is 22.0 Å². The van der Waals surface area contributed by atoms with Crippen LogP contribution in [-0.4, -0.2) is 13.0 Å². The molecule has 0 atom stereocenters. The molecule has 0 aliphatic carbocycles. The fraction of sp³-hybridized carbons (Fsp3) is 0. The summed E-state index contributed by atoms with van der Waals surface area (Å²) in [7, 11) is -4.06. The molecule has 1 aromatic carbocycles. The maximum absolute atomic E-state index is 10.5. The Labute approximate surface area is 103 Å². The second-order valence-corrected chi connectivity index (χ2v) is 4.27. The van der Waals surface area contributed by atoms with Gasteiger partial charge >= 0.3 is 29.6 Å². The van der Waals surface area contributed by atoms with Gasteiger partial charge in [-0.25, -0.2) is 0 Å². The molecule has 0 aliphatic heterocycles. The molecule has 6 heteroatoms. The van der Waals surface area contributed by atoms with Crippen LogP contribution in [0.1, 0.15) is 1.43 Å². The summed E-state index contributed by atoms with van der Waals surface area (Å²) in [5, 5.41) is 0. The van der Waals surface area contributed by atoms with Crippen LogP contribution >= 0.6 is 15.9 Å². The largest absolute Gasteiger partial charge is 1.00 e. The third-order valence-corrected chi connectivity index (χ3v) is 2.44. The molecule has 62 valence electrons. The summed E-state index contributed by atoms with van der Waals surface area (Å²) in [6.45, 7) is 0. The molecule has 0 saturated heterocycles. The summed E-state index contributed by atoms with van der Waals surface area (Å²) in [4.78, 5) is -0.105. The Hall–Kier alpha value is 0.610. The van der Waals surface area contributed by atoms with Crippen molar-refractivity contribution >= 4 is 26.0 Å². The molecule has 12 heavy (non-hydrogen) atoms. The third-order valence-electron chi connectivity index (χ3n) is 1.09. The number of hydrogen-bond acceptors (Lipinski definition) is 2. The van der Waals surface area contributed by atoms with E-state index in [4.69, 9.17) is 4.55 Å². The van der Waals surface area contributed by atoms with Gasteiger partial charge < -0.3 is 1.43 Å². The van der Waals surface area contributed by atoms with Crippen molar-refractivity contribution in [2.75, 3.05) is 0 Å². The van der Waals surface area contributed by atoms with Crippen molar-refractivity contribution in [1.82, 2.24) is 0 Å². The number of hydrogen-bond donors (Lipinski definition) is 1. The van der Waals surface area contributed by atoms with E-state index in [2.05, 4.69) is 15.9 Å². The predicted octanol–water partition coefficient (Wildman–Crippen LogP) is -1.19. The van der Waals surface area contributed by atoms with E-state index in [1.165, 1.54) is 18.2 Å². The van der Waals surface area contributed by atoms with Crippen molar-refractivity contribution in [3.8, 4) is 0 Å². The quantitative estimate of drug-likeness (QED) is 0.511. The van der Waals surface area contributed by atoms with Gasteiger partial charge in [0.05, 0.1) is 4.90 Å². The summed E-state index contributed by atoms with van der Waals surface area (Å²) in [5.41, 5.74) is 0. The van der Waals surface area contributed by atoms with Crippen molar-refractivity contribution in [3.63, 3.8) is 0 Å². The van der Waals surface area contributed by atoms with Crippen LogP contribution in [0.4, 0.5) is 0 Å². The molecule has 0 unspecified atom stereocenters. The molecule has 0 aliphatic rings. The van der Waals surface area contributed by atoms with Crippen LogP contribution in [0.3, 0.4) is 0 Å². The smallest absolute Gasteiger partial charge is 1.00 e. The van der Waals surface area contributed by atoms with Crippen LogP contribution in [0, 0.1) is 0 Å². The van der Waals surface area contributed by atoms with Crippen molar-refractivity contribution in [1.29, 1.82) is 0 Å². The molecule has 0 bridgehead atoms. The van der Waals surface area contributed by atoms with Crippen LogP contribution in [0.15, 0.2) is 33.6 Å². The molecule has 0 radical (unpaired) electrons. The maximum Gasteiger partial charge on any atom is 1.00 e. The topological polar surface area (TPSA) is 54.4 Å². The van der Waals surface area contributed by atoms with Crippen LogP contribution < -0.4 is 29.6 Å². The normalized spacial score (nSPS) is 10.5. The van der Waals surface area contributed by atoms with E-state index < -0.39 is 10.1 Å². The first-order valence-electron chi connectivity index (χ1n) is 2.73. The minimum Gasteiger partial charge on any atom is -1.00 e. The molecule has 0 fully saturated rings. The third kappa shape index (κ3) is 3.55. The van der Waals surface area contributed by atoms with Gasteiger partial charge in [0.2, 0.25) is 0 Å². The standard InChI is InChI=1S/C6H5BrO3S.Na.H/c7-5-2-1-3-6(4-5)11(8,9)10;;/h1-4H,(H,8,9,10);;/q;+1;-1. The fourth-order valence-electron chi connectivity index (χ4n) is 0.627. The fourth-order valence-corrected chi connectivity index (χ4v) is 1.70. The minimum atomic E-state index is -4.06. The predicted molar refractivity (Wildman–Crippen MR) is 45.1 cm³/mol. The SMILES string of the molecule is O=S(=O)(O)c1cccc(Br)c1.[H-].[Na+]. The van der Waals surface area contributed by atoms with E-state index in [0.29, 0.717) is 4.47 Å². The van der Waals surface area contributed by atoms with E-state index in [1.807, 2.05) is 0 Å². The Bertz CT molecular complexity index is 368. The molecular weight excluding hydrogens is 255 g/mol. The molecule has 3 nitrogen and oxygen atoms in total. The van der Waals surface area contributed by atoms with Crippen molar-refractivity contribution in [2.45, 2.75) is 4.90 Å². The summed E-state index contributed by atoms with van der Waals surface area (Å²) < 4.78 is 30.2. The average molecular weight is 261 g/mol. The van der Waals surface area contributed by atoms with Gasteiger partial charge in [0.15, 0.2) is 0 Å². The van der Waals surface area contributed by atoms with Crippen LogP contribution in [-0.2, 0) is 10.1 Å². The molecule has 1 aromatic rings. The Morgan fingerprint density at radius 3 is 2.33 bits per heavy atom. The van der Waals surface area contributed by atoms with Gasteiger partial charge in [0.25, 0.3) is 10.1 Å². The van der Waals surface area contributed by atoms with Gasteiger partial charge in [-0.3, -0.25) is 4.55 Å². The average Bonchev–Trinajstić information content (AvgIpc) is 1.86. The zero-order valence-electron chi connectivity index (χ0n) is 7.36. The molecule has 0 amide bonds. The van der Waals surface area contributed by atoms with Crippen LogP contribution in [0.25, 0.3) is 0 Å². The minimum absolute atomic E-state index is 0. The Kier molecular flexibility index (Phi) is 4.98. The Morgan fingerprint density at radius 2 is 2.00 bits per heavy atom. The summed E-state index contributed by atoms with van der Waals surface area (Å²) in [6, 6.07) is 5.86. The van der Waals surface area contributed by atoms with Crippen molar-refractivity contribution < 1.29 is 44.0 Å². The summed E-state index contributed by atoms with van der Waals surface area (Å²) >= 11 is 3.08. The molecule has 0 spiro atoms. The first-order chi connectivity index (χ1) is 5.00. The first-order valence-corrected chi connectivity index (χ1v) is 4.96. The molecular formula is C6H6BrNaO3S. The van der Waals surface area contributed by atoms with Gasteiger partial charge in [-0.2, -0.15) is 8.42 Å². The van der Waals surface area contributed by atoms with Gasteiger partial charge in [-0.05, 0) is 18.2 Å². The van der Waals surface area contributed by atoms with Gasteiger partial charge in [0, 0.05) is 4.47 Å². The van der Waals surface area contributed by atoms with Gasteiger partial charge in [-0.15, -0.1) is 0 Å². The van der Waals surface area contributed by atoms with Gasteiger partial charge in [0.1, 0.15) is 0 Å². The first kappa shape index (κ1) is 12.6. The summed E-state index contributed by atoms with van der Waals surface area (Å²) in [5.74, 6) is 0. The van der Waals surface area contributed by atoms with Crippen molar-refractivity contribution in [3.05, 3.63) is 28.7 Å². The van der Waals surface area contributed by atoms with Crippen LogP contribution in [0.5, 0.6) is 0 Å². The van der Waals surface area contributed by atoms with E-state index in [9.17, 15) is 8.42 Å². The van der Waals surface area contributed by atoms with E-state index in [-0.39, 0.29) is 35.9 Å². The Morgan fingerprint density at radius 1 is 1.42 bits per heavy atom. The number of rotatable bonds is 1. The second kappa shape index (κ2) is 4.74. The van der Waals surface area contributed by atoms with Crippen molar-refractivity contribution in [2.24, 2.45) is 0 Å². The second-order valence-electron chi connectivity index (χ2n) is 1.93. The summed E-state index contributed by atoms with van der Waals surface area (Å²) in [6.07, 6.45) is 0. The number of benzene rings is 1.